The Labute approximate surface area is 374 Å². The Bertz CT molecular complexity index is 893. The second-order valence-corrected chi connectivity index (χ2v) is 18.6. The molecule has 0 spiro atoms. The first-order valence-electron chi connectivity index (χ1n) is 26.9. The Morgan fingerprint density at radius 1 is 0.450 bits per heavy atom. The molecule has 0 saturated carbocycles. The number of allylic oxidation sites excluding steroid dienone is 2. The zero-order valence-corrected chi connectivity index (χ0v) is 40.5. The first-order valence-corrected chi connectivity index (χ1v) is 26.9. The number of esters is 1. The number of rotatable bonds is 50. The summed E-state index contributed by atoms with van der Waals surface area (Å²) in [6, 6.07) is -0.541. The SMILES string of the molecule is CCCCCCC/C=C\CCCCCCCC(=O)OCCCCCCCCCCCCCCCCCCCCCC(=O)NC(CO)C(O)CCCCCCCCCCCC. The van der Waals surface area contributed by atoms with E-state index < -0.39 is 12.1 Å². The van der Waals surface area contributed by atoms with Crippen molar-refractivity contribution in [3.63, 3.8) is 0 Å². The smallest absolute Gasteiger partial charge is 0.305 e. The van der Waals surface area contributed by atoms with Gasteiger partial charge in [-0.2, -0.15) is 0 Å². The molecule has 60 heavy (non-hydrogen) atoms. The molecule has 0 heterocycles. The highest BCUT2D eigenvalue weighted by atomic mass is 16.5. The van der Waals surface area contributed by atoms with Crippen molar-refractivity contribution < 1.29 is 24.5 Å². The standard InChI is InChI=1S/C54H105NO5/c1-3-5-7-9-11-13-15-16-25-28-32-36-40-44-48-54(59)60-49-45-41-37-33-29-26-23-21-19-17-18-20-22-24-27-31-35-39-43-47-53(58)55-51(50-56)52(57)46-42-38-34-30-14-12-10-8-6-4-2/h15-16,51-52,56-57H,3-14,17-50H2,1-2H3,(H,55,58)/b16-15-. The molecule has 356 valence electrons. The molecule has 0 bridgehead atoms. The topological polar surface area (TPSA) is 95.9 Å². The zero-order chi connectivity index (χ0) is 43.7. The summed E-state index contributed by atoms with van der Waals surface area (Å²) in [7, 11) is 0. The molecule has 2 unspecified atom stereocenters. The fourth-order valence-electron chi connectivity index (χ4n) is 8.40. The van der Waals surface area contributed by atoms with Gasteiger partial charge in [0.05, 0.1) is 25.4 Å². The van der Waals surface area contributed by atoms with Gasteiger partial charge in [-0.3, -0.25) is 9.59 Å². The van der Waals surface area contributed by atoms with Crippen LogP contribution in [0.5, 0.6) is 0 Å². The summed E-state index contributed by atoms with van der Waals surface area (Å²) >= 11 is 0. The summed E-state index contributed by atoms with van der Waals surface area (Å²) in [5.41, 5.74) is 0. The van der Waals surface area contributed by atoms with E-state index in [2.05, 4.69) is 31.3 Å². The molecule has 0 aromatic rings. The minimum absolute atomic E-state index is 0.000566. The number of carbonyl (C=O) groups excluding carboxylic acids is 2. The van der Waals surface area contributed by atoms with Crippen molar-refractivity contribution in [3.8, 4) is 0 Å². The number of aliphatic hydroxyl groups excluding tert-OH is 2. The fraction of sp³-hybridized carbons (Fsp3) is 0.926. The monoisotopic (exact) mass is 848 g/mol. The van der Waals surface area contributed by atoms with Crippen LogP contribution >= 0.6 is 0 Å². The van der Waals surface area contributed by atoms with Crippen LogP contribution in [0.3, 0.4) is 0 Å². The van der Waals surface area contributed by atoms with Crippen LogP contribution in [0.25, 0.3) is 0 Å². The molecular weight excluding hydrogens is 743 g/mol. The Balaban J connectivity index is 3.37. The third-order valence-corrected chi connectivity index (χ3v) is 12.6. The normalized spacial score (nSPS) is 12.7. The number of nitrogens with one attached hydrogen (secondary N) is 1. The zero-order valence-electron chi connectivity index (χ0n) is 40.5. The lowest BCUT2D eigenvalue weighted by Crippen LogP contribution is -2.45. The number of carbonyl (C=O) groups is 2. The van der Waals surface area contributed by atoms with Crippen LogP contribution in [0.15, 0.2) is 12.2 Å². The van der Waals surface area contributed by atoms with E-state index in [9.17, 15) is 19.8 Å². The van der Waals surface area contributed by atoms with Crippen molar-refractivity contribution in [2.24, 2.45) is 0 Å². The Hall–Kier alpha value is -1.40. The molecule has 0 aliphatic rings. The number of aliphatic hydroxyl groups is 2. The number of unbranched alkanes of at least 4 members (excludes halogenated alkanes) is 37. The molecule has 6 nitrogen and oxygen atoms in total. The molecule has 2 atom stereocenters. The van der Waals surface area contributed by atoms with E-state index in [1.807, 2.05) is 0 Å². The predicted molar refractivity (Wildman–Crippen MR) is 260 cm³/mol. The van der Waals surface area contributed by atoms with Crippen molar-refractivity contribution in [1.82, 2.24) is 5.32 Å². The fourth-order valence-corrected chi connectivity index (χ4v) is 8.40. The molecule has 6 heteroatoms. The number of ether oxygens (including phenoxy) is 1. The highest BCUT2D eigenvalue weighted by molar-refractivity contribution is 5.76. The maximum Gasteiger partial charge on any atom is 0.305 e. The summed E-state index contributed by atoms with van der Waals surface area (Å²) in [5.74, 6) is -0.0385. The molecule has 0 saturated heterocycles. The summed E-state index contributed by atoms with van der Waals surface area (Å²) in [4.78, 5) is 24.4. The lowest BCUT2D eigenvalue weighted by Gasteiger charge is -2.22. The Morgan fingerprint density at radius 3 is 1.18 bits per heavy atom. The van der Waals surface area contributed by atoms with E-state index in [4.69, 9.17) is 4.74 Å². The molecule has 0 aliphatic heterocycles. The molecule has 3 N–H and O–H groups in total. The summed E-state index contributed by atoms with van der Waals surface area (Å²) < 4.78 is 5.47. The molecule has 0 aromatic carbocycles. The van der Waals surface area contributed by atoms with Gasteiger partial charge in [0.25, 0.3) is 0 Å². The third kappa shape index (κ3) is 46.1. The van der Waals surface area contributed by atoms with Crippen molar-refractivity contribution in [2.45, 2.75) is 309 Å². The lowest BCUT2D eigenvalue weighted by molar-refractivity contribution is -0.143. The number of amides is 1. The Morgan fingerprint density at radius 2 is 0.783 bits per heavy atom. The van der Waals surface area contributed by atoms with Crippen LogP contribution in [0.4, 0.5) is 0 Å². The predicted octanol–water partition coefficient (Wildman–Crippen LogP) is 16.1. The molecular formula is C54H105NO5. The summed E-state index contributed by atoms with van der Waals surface area (Å²) in [5, 5.41) is 23.1. The average molecular weight is 848 g/mol. The largest absolute Gasteiger partial charge is 0.466 e. The van der Waals surface area contributed by atoms with Gasteiger partial charge >= 0.3 is 5.97 Å². The average Bonchev–Trinajstić information content (AvgIpc) is 3.25. The van der Waals surface area contributed by atoms with Gasteiger partial charge in [0.15, 0.2) is 0 Å². The third-order valence-electron chi connectivity index (χ3n) is 12.6. The quantitative estimate of drug-likeness (QED) is 0.0322. The lowest BCUT2D eigenvalue weighted by atomic mass is 10.0. The van der Waals surface area contributed by atoms with Gasteiger partial charge in [0, 0.05) is 12.8 Å². The highest BCUT2D eigenvalue weighted by Crippen LogP contribution is 2.17. The maximum absolute atomic E-state index is 12.4. The van der Waals surface area contributed by atoms with Gasteiger partial charge in [-0.15, -0.1) is 0 Å². The van der Waals surface area contributed by atoms with Crippen molar-refractivity contribution in [1.29, 1.82) is 0 Å². The van der Waals surface area contributed by atoms with Crippen LogP contribution in [0.1, 0.15) is 296 Å². The molecule has 0 rings (SSSR count). The summed E-state index contributed by atoms with van der Waals surface area (Å²) in [6.45, 7) is 4.93. The maximum atomic E-state index is 12.4. The van der Waals surface area contributed by atoms with E-state index in [1.54, 1.807) is 0 Å². The van der Waals surface area contributed by atoms with Crippen molar-refractivity contribution in [3.05, 3.63) is 12.2 Å². The number of hydrogen-bond acceptors (Lipinski definition) is 5. The van der Waals surface area contributed by atoms with Gasteiger partial charge in [0.1, 0.15) is 0 Å². The van der Waals surface area contributed by atoms with Gasteiger partial charge in [0.2, 0.25) is 5.91 Å². The van der Waals surface area contributed by atoms with Gasteiger partial charge in [-0.25, -0.2) is 0 Å². The van der Waals surface area contributed by atoms with Gasteiger partial charge < -0.3 is 20.3 Å². The minimum Gasteiger partial charge on any atom is -0.466 e. The van der Waals surface area contributed by atoms with Crippen LogP contribution in [-0.2, 0) is 14.3 Å². The van der Waals surface area contributed by atoms with Gasteiger partial charge in [-0.1, -0.05) is 244 Å². The minimum atomic E-state index is -0.663. The summed E-state index contributed by atoms with van der Waals surface area (Å²) in [6.07, 6.45) is 57.6. The van der Waals surface area contributed by atoms with Crippen LogP contribution < -0.4 is 5.32 Å². The molecule has 0 radical (unpaired) electrons. The second-order valence-electron chi connectivity index (χ2n) is 18.6. The van der Waals surface area contributed by atoms with E-state index in [1.165, 1.54) is 218 Å². The molecule has 0 aromatic heterocycles. The molecule has 0 fully saturated rings. The first kappa shape index (κ1) is 58.6. The van der Waals surface area contributed by atoms with Gasteiger partial charge in [-0.05, 0) is 51.4 Å². The van der Waals surface area contributed by atoms with Crippen LogP contribution in [-0.4, -0.2) is 47.4 Å². The molecule has 1 amide bonds. The second kappa shape index (κ2) is 50.2. The number of hydrogen-bond donors (Lipinski definition) is 3. The van der Waals surface area contributed by atoms with Crippen LogP contribution in [0.2, 0.25) is 0 Å². The van der Waals surface area contributed by atoms with Crippen molar-refractivity contribution in [2.75, 3.05) is 13.2 Å². The highest BCUT2D eigenvalue weighted by Gasteiger charge is 2.20. The van der Waals surface area contributed by atoms with E-state index >= 15 is 0 Å². The van der Waals surface area contributed by atoms with E-state index in [0.29, 0.717) is 25.9 Å². The van der Waals surface area contributed by atoms with Crippen LogP contribution in [0, 0.1) is 0 Å². The van der Waals surface area contributed by atoms with E-state index in [-0.39, 0.29) is 18.5 Å². The van der Waals surface area contributed by atoms with E-state index in [0.717, 1.165) is 44.9 Å². The van der Waals surface area contributed by atoms with Crippen molar-refractivity contribution >= 4 is 11.9 Å². The molecule has 0 aliphatic carbocycles. The first-order chi connectivity index (χ1) is 29.5. The Kier molecular flexibility index (Phi) is 49.1.